The van der Waals surface area contributed by atoms with Gasteiger partial charge in [0.05, 0.1) is 4.88 Å². The summed E-state index contributed by atoms with van der Waals surface area (Å²) in [4.78, 5) is 17.9. The Morgan fingerprint density at radius 1 is 1.00 bits per heavy atom. The standard InChI is InChI=1S/C25H26Cl2N2O2S/c1-2-18-6-8-20(9-7-18)31-16-19-14-24(32-17-19)25(30)29-12-10-28(11-13-29)15-21-22(26)4-3-5-23(21)27/h3-9,14,17H,2,10-13,15-16H2,1H3. The highest BCUT2D eigenvalue weighted by Crippen LogP contribution is 2.26. The second-order valence-electron chi connectivity index (χ2n) is 7.87. The second kappa shape index (κ2) is 10.7. The molecule has 7 heteroatoms. The summed E-state index contributed by atoms with van der Waals surface area (Å²) in [6.45, 7) is 6.25. The Balaban J connectivity index is 1.28. The summed E-state index contributed by atoms with van der Waals surface area (Å²) in [6.07, 6.45) is 1.01. The van der Waals surface area contributed by atoms with E-state index in [1.165, 1.54) is 16.9 Å². The van der Waals surface area contributed by atoms with Crippen LogP contribution in [0.4, 0.5) is 0 Å². The lowest BCUT2D eigenvalue weighted by molar-refractivity contribution is 0.0633. The molecule has 4 nitrogen and oxygen atoms in total. The van der Waals surface area contributed by atoms with E-state index in [0.717, 1.165) is 41.3 Å². The first-order valence-corrected chi connectivity index (χ1v) is 12.4. The van der Waals surface area contributed by atoms with Gasteiger partial charge in [-0.1, -0.05) is 48.3 Å². The van der Waals surface area contributed by atoms with Gasteiger partial charge in [-0.15, -0.1) is 11.3 Å². The van der Waals surface area contributed by atoms with Gasteiger partial charge in [0, 0.05) is 53.9 Å². The number of ether oxygens (including phenoxy) is 1. The average Bonchev–Trinajstić information content (AvgIpc) is 3.29. The molecular formula is C25H26Cl2N2O2S. The van der Waals surface area contributed by atoms with Gasteiger partial charge in [0.2, 0.25) is 0 Å². The van der Waals surface area contributed by atoms with Gasteiger partial charge in [0.15, 0.2) is 0 Å². The number of amides is 1. The van der Waals surface area contributed by atoms with Crippen molar-refractivity contribution in [2.75, 3.05) is 26.2 Å². The smallest absolute Gasteiger partial charge is 0.264 e. The van der Waals surface area contributed by atoms with Crippen molar-refractivity contribution in [2.24, 2.45) is 0 Å². The van der Waals surface area contributed by atoms with Gasteiger partial charge in [-0.25, -0.2) is 0 Å². The number of aryl methyl sites for hydroxylation is 1. The lowest BCUT2D eigenvalue weighted by atomic mass is 10.2. The third-order valence-corrected chi connectivity index (χ3v) is 7.38. The van der Waals surface area contributed by atoms with Gasteiger partial charge >= 0.3 is 0 Å². The summed E-state index contributed by atoms with van der Waals surface area (Å²) in [6, 6.07) is 15.7. The van der Waals surface area contributed by atoms with Crippen LogP contribution in [0.15, 0.2) is 53.9 Å². The monoisotopic (exact) mass is 488 g/mol. The fourth-order valence-corrected chi connectivity index (χ4v) is 5.10. The summed E-state index contributed by atoms with van der Waals surface area (Å²) in [5.41, 5.74) is 3.25. The molecule has 1 fully saturated rings. The molecule has 2 aromatic carbocycles. The van der Waals surface area contributed by atoms with Crippen LogP contribution in [-0.2, 0) is 19.6 Å². The van der Waals surface area contributed by atoms with Crippen molar-refractivity contribution in [1.29, 1.82) is 0 Å². The molecule has 0 N–H and O–H groups in total. The predicted molar refractivity (Wildman–Crippen MR) is 132 cm³/mol. The van der Waals surface area contributed by atoms with Gasteiger partial charge in [0.1, 0.15) is 12.4 Å². The first-order chi connectivity index (χ1) is 15.5. The third kappa shape index (κ3) is 5.65. The van der Waals surface area contributed by atoms with E-state index in [0.29, 0.717) is 36.3 Å². The highest BCUT2D eigenvalue weighted by atomic mass is 35.5. The van der Waals surface area contributed by atoms with E-state index in [2.05, 4.69) is 24.0 Å². The van der Waals surface area contributed by atoms with Crippen LogP contribution in [0.1, 0.15) is 33.3 Å². The van der Waals surface area contributed by atoms with E-state index < -0.39 is 0 Å². The number of thiophene rings is 1. The maximum Gasteiger partial charge on any atom is 0.264 e. The topological polar surface area (TPSA) is 32.8 Å². The number of rotatable bonds is 7. The molecule has 0 atom stereocenters. The van der Waals surface area contributed by atoms with Crippen LogP contribution in [0.3, 0.4) is 0 Å². The number of benzene rings is 2. The molecule has 0 bridgehead atoms. The molecule has 3 aromatic rings. The number of halogens is 2. The summed E-state index contributed by atoms with van der Waals surface area (Å²) in [7, 11) is 0. The predicted octanol–water partition coefficient (Wildman–Crippen LogP) is 6.15. The molecule has 1 amide bonds. The van der Waals surface area contributed by atoms with Crippen LogP contribution in [-0.4, -0.2) is 41.9 Å². The average molecular weight is 489 g/mol. The number of nitrogens with zero attached hydrogens (tertiary/aromatic N) is 2. The van der Waals surface area contributed by atoms with Gasteiger partial charge in [-0.2, -0.15) is 0 Å². The summed E-state index contributed by atoms with van der Waals surface area (Å²) in [5.74, 6) is 0.931. The first kappa shape index (κ1) is 23.1. The van der Waals surface area contributed by atoms with Crippen molar-refractivity contribution in [2.45, 2.75) is 26.5 Å². The molecule has 0 radical (unpaired) electrons. The van der Waals surface area contributed by atoms with Gasteiger partial charge in [0.25, 0.3) is 5.91 Å². The number of carbonyl (C=O) groups is 1. The molecule has 0 spiro atoms. The Bertz CT molecular complexity index is 1040. The molecule has 1 aliphatic rings. The molecule has 1 aliphatic heterocycles. The van der Waals surface area contributed by atoms with E-state index in [1.807, 2.05) is 46.7 Å². The zero-order chi connectivity index (χ0) is 22.5. The molecule has 168 valence electrons. The molecule has 1 aromatic heterocycles. The normalized spacial score (nSPS) is 14.5. The van der Waals surface area contributed by atoms with Gasteiger partial charge < -0.3 is 9.64 Å². The van der Waals surface area contributed by atoms with Crippen LogP contribution in [0.2, 0.25) is 10.0 Å². The van der Waals surface area contributed by atoms with Crippen molar-refractivity contribution in [3.63, 3.8) is 0 Å². The van der Waals surface area contributed by atoms with Crippen LogP contribution >= 0.6 is 34.5 Å². The quantitative estimate of drug-likeness (QED) is 0.399. The van der Waals surface area contributed by atoms with E-state index in [9.17, 15) is 4.79 Å². The molecular weight excluding hydrogens is 463 g/mol. The number of hydrogen-bond donors (Lipinski definition) is 0. The molecule has 0 unspecified atom stereocenters. The zero-order valence-electron chi connectivity index (χ0n) is 18.0. The third-order valence-electron chi connectivity index (χ3n) is 5.70. The van der Waals surface area contributed by atoms with Crippen molar-refractivity contribution < 1.29 is 9.53 Å². The second-order valence-corrected chi connectivity index (χ2v) is 9.60. The van der Waals surface area contributed by atoms with E-state index in [1.54, 1.807) is 0 Å². The summed E-state index contributed by atoms with van der Waals surface area (Å²) >= 11 is 14.1. The summed E-state index contributed by atoms with van der Waals surface area (Å²) < 4.78 is 5.87. The molecule has 1 saturated heterocycles. The van der Waals surface area contributed by atoms with Crippen LogP contribution in [0.5, 0.6) is 5.75 Å². The van der Waals surface area contributed by atoms with Crippen molar-refractivity contribution in [3.8, 4) is 5.75 Å². The highest BCUT2D eigenvalue weighted by Gasteiger charge is 2.24. The fraction of sp³-hybridized carbons (Fsp3) is 0.320. The summed E-state index contributed by atoms with van der Waals surface area (Å²) in [5, 5.41) is 3.37. The van der Waals surface area contributed by atoms with Crippen LogP contribution in [0, 0.1) is 0 Å². The van der Waals surface area contributed by atoms with E-state index in [4.69, 9.17) is 27.9 Å². The SMILES string of the molecule is CCc1ccc(OCc2csc(C(=O)N3CCN(Cc4c(Cl)cccc4Cl)CC3)c2)cc1. The number of hydrogen-bond acceptors (Lipinski definition) is 4. The maximum absolute atomic E-state index is 13.0. The Morgan fingerprint density at radius 3 is 2.34 bits per heavy atom. The minimum atomic E-state index is 0.0870. The van der Waals surface area contributed by atoms with Crippen LogP contribution < -0.4 is 4.74 Å². The van der Waals surface area contributed by atoms with E-state index >= 15 is 0 Å². The molecule has 2 heterocycles. The lowest BCUT2D eigenvalue weighted by Crippen LogP contribution is -2.48. The van der Waals surface area contributed by atoms with Gasteiger partial charge in [-0.05, 0) is 47.7 Å². The van der Waals surface area contributed by atoms with E-state index in [-0.39, 0.29) is 5.91 Å². The largest absolute Gasteiger partial charge is 0.489 e. The zero-order valence-corrected chi connectivity index (χ0v) is 20.3. The van der Waals surface area contributed by atoms with Crippen LogP contribution in [0.25, 0.3) is 0 Å². The minimum absolute atomic E-state index is 0.0870. The molecule has 0 aliphatic carbocycles. The van der Waals surface area contributed by atoms with Crippen molar-refractivity contribution in [1.82, 2.24) is 9.80 Å². The maximum atomic E-state index is 13.0. The Kier molecular flexibility index (Phi) is 7.74. The fourth-order valence-electron chi connectivity index (χ4n) is 3.72. The molecule has 0 saturated carbocycles. The lowest BCUT2D eigenvalue weighted by Gasteiger charge is -2.34. The highest BCUT2D eigenvalue weighted by molar-refractivity contribution is 7.12. The number of carbonyl (C=O) groups excluding carboxylic acids is 1. The Labute approximate surface area is 203 Å². The Hall–Kier alpha value is -2.05. The van der Waals surface area contributed by atoms with Crippen molar-refractivity contribution >= 4 is 40.4 Å². The van der Waals surface area contributed by atoms with Crippen molar-refractivity contribution in [3.05, 3.63) is 85.5 Å². The first-order valence-electron chi connectivity index (χ1n) is 10.8. The molecule has 4 rings (SSSR count). The van der Waals surface area contributed by atoms with Gasteiger partial charge in [-0.3, -0.25) is 9.69 Å². The minimum Gasteiger partial charge on any atom is -0.489 e. The Morgan fingerprint density at radius 2 is 1.69 bits per heavy atom. The molecule has 32 heavy (non-hydrogen) atoms. The number of piperazine rings is 1.